The number of methoxy groups -OCH3 is 1. The van der Waals surface area contributed by atoms with Crippen LogP contribution in [0.5, 0.6) is 17.4 Å². The molecule has 0 radical (unpaired) electrons. The first kappa shape index (κ1) is 26.4. The van der Waals surface area contributed by atoms with Gasteiger partial charge in [-0.25, -0.2) is 18.7 Å². The summed E-state index contributed by atoms with van der Waals surface area (Å²) in [4.78, 5) is 44.0. The number of anilines is 1. The molecule has 3 heterocycles. The normalized spacial score (nSPS) is 11.2. The lowest BCUT2D eigenvalue weighted by Gasteiger charge is -2.16. The third-order valence-corrected chi connectivity index (χ3v) is 6.10. The summed E-state index contributed by atoms with van der Waals surface area (Å²) in [6.07, 6.45) is 2.76. The number of hydrogen-bond acceptors (Lipinski definition) is 7. The van der Waals surface area contributed by atoms with Crippen molar-refractivity contribution in [3.8, 4) is 23.1 Å². The summed E-state index contributed by atoms with van der Waals surface area (Å²) >= 11 is 0. The molecule has 12 heteroatoms. The monoisotopic (exact) mass is 544 g/mol. The Labute approximate surface area is 227 Å². The van der Waals surface area contributed by atoms with E-state index in [1.165, 1.54) is 34.5 Å². The molecule has 11 nitrogen and oxygen atoms in total. The summed E-state index contributed by atoms with van der Waals surface area (Å²) in [5.74, 6) is -0.862. The van der Waals surface area contributed by atoms with Crippen molar-refractivity contribution in [1.82, 2.24) is 23.7 Å². The van der Waals surface area contributed by atoms with Crippen molar-refractivity contribution in [2.45, 2.75) is 26.8 Å². The summed E-state index contributed by atoms with van der Waals surface area (Å²) in [5, 5.41) is 6.67. The second kappa shape index (κ2) is 10.5. The molecule has 0 fully saturated rings. The van der Waals surface area contributed by atoms with Crippen LogP contribution in [0.25, 0.3) is 11.3 Å². The van der Waals surface area contributed by atoms with Gasteiger partial charge in [0.2, 0.25) is 5.88 Å². The maximum atomic E-state index is 15.0. The standard InChI is InChI=1S/C28H25FN6O5/c1-16(2)33-15-21(27(37)34(28(33)38)19-6-8-20(39-4)9-7-19)26(36)32-18-5-10-23(22(29)14-18)40-25-13-17(3)31-24-11-12-30-35(24)25/h5-16H,1-4H3,(H,32,36). The third kappa shape index (κ3) is 4.94. The van der Waals surface area contributed by atoms with Crippen molar-refractivity contribution >= 4 is 17.2 Å². The van der Waals surface area contributed by atoms with Gasteiger partial charge in [-0.05, 0) is 57.2 Å². The first-order valence-electron chi connectivity index (χ1n) is 12.3. The van der Waals surface area contributed by atoms with Gasteiger partial charge in [0.1, 0.15) is 11.3 Å². The molecule has 5 rings (SSSR count). The molecule has 2 aromatic carbocycles. The highest BCUT2D eigenvalue weighted by Gasteiger charge is 2.21. The van der Waals surface area contributed by atoms with Gasteiger partial charge < -0.3 is 14.8 Å². The molecule has 5 aromatic rings. The predicted octanol–water partition coefficient (Wildman–Crippen LogP) is 4.12. The number of halogens is 1. The molecule has 0 bridgehead atoms. The molecule has 204 valence electrons. The minimum Gasteiger partial charge on any atom is -0.497 e. The average Bonchev–Trinajstić information content (AvgIpc) is 3.39. The van der Waals surface area contributed by atoms with Gasteiger partial charge in [-0.2, -0.15) is 9.61 Å². The fraction of sp³-hybridized carbons (Fsp3) is 0.179. The summed E-state index contributed by atoms with van der Waals surface area (Å²) in [5.41, 5.74) is -0.156. The number of carbonyl (C=O) groups is 1. The Hall–Kier alpha value is -5.26. The van der Waals surface area contributed by atoms with Gasteiger partial charge in [0.05, 0.1) is 19.0 Å². The van der Waals surface area contributed by atoms with Crippen LogP contribution in [0.15, 0.2) is 76.6 Å². The number of aryl methyl sites for hydroxylation is 1. The van der Waals surface area contributed by atoms with Crippen molar-refractivity contribution in [3.05, 3.63) is 105 Å². The van der Waals surface area contributed by atoms with Crippen LogP contribution in [0, 0.1) is 12.7 Å². The molecular weight excluding hydrogens is 519 g/mol. The number of carbonyl (C=O) groups excluding carboxylic acids is 1. The van der Waals surface area contributed by atoms with E-state index in [2.05, 4.69) is 15.4 Å². The second-order valence-electron chi connectivity index (χ2n) is 9.20. The fourth-order valence-corrected chi connectivity index (χ4v) is 4.11. The van der Waals surface area contributed by atoms with Crippen LogP contribution in [-0.2, 0) is 0 Å². The molecule has 0 saturated heterocycles. The smallest absolute Gasteiger partial charge is 0.335 e. The van der Waals surface area contributed by atoms with E-state index in [1.54, 1.807) is 63.4 Å². The zero-order valence-corrected chi connectivity index (χ0v) is 22.1. The van der Waals surface area contributed by atoms with Crippen LogP contribution in [0.4, 0.5) is 10.1 Å². The summed E-state index contributed by atoms with van der Waals surface area (Å²) in [7, 11) is 1.50. The maximum absolute atomic E-state index is 15.0. The first-order valence-corrected chi connectivity index (χ1v) is 12.3. The molecular formula is C28H25FN6O5. The lowest BCUT2D eigenvalue weighted by Crippen LogP contribution is -2.42. The molecule has 0 aliphatic heterocycles. The Morgan fingerprint density at radius 1 is 1.05 bits per heavy atom. The van der Waals surface area contributed by atoms with Crippen molar-refractivity contribution in [1.29, 1.82) is 0 Å². The highest BCUT2D eigenvalue weighted by Crippen LogP contribution is 2.27. The number of amides is 1. The van der Waals surface area contributed by atoms with E-state index in [-0.39, 0.29) is 34.6 Å². The summed E-state index contributed by atoms with van der Waals surface area (Å²) < 4.78 is 29.5. The quantitative estimate of drug-likeness (QED) is 0.327. The zero-order valence-electron chi connectivity index (χ0n) is 22.1. The van der Waals surface area contributed by atoms with Crippen molar-refractivity contribution in [3.63, 3.8) is 0 Å². The van der Waals surface area contributed by atoms with Crippen LogP contribution in [-0.4, -0.2) is 36.7 Å². The molecule has 0 spiro atoms. The lowest BCUT2D eigenvalue weighted by atomic mass is 10.2. The molecule has 0 atom stereocenters. The number of nitrogens with one attached hydrogen (secondary N) is 1. The Morgan fingerprint density at radius 2 is 1.80 bits per heavy atom. The largest absolute Gasteiger partial charge is 0.497 e. The topological polar surface area (TPSA) is 122 Å². The van der Waals surface area contributed by atoms with E-state index >= 15 is 4.39 Å². The van der Waals surface area contributed by atoms with Crippen LogP contribution >= 0.6 is 0 Å². The molecule has 0 aliphatic carbocycles. The summed E-state index contributed by atoms with van der Waals surface area (Å²) in [6, 6.07) is 13.1. The van der Waals surface area contributed by atoms with Crippen molar-refractivity contribution in [2.24, 2.45) is 0 Å². The number of hydrogen-bond donors (Lipinski definition) is 1. The molecule has 0 unspecified atom stereocenters. The van der Waals surface area contributed by atoms with E-state index in [1.807, 2.05) is 0 Å². The number of rotatable bonds is 7. The third-order valence-electron chi connectivity index (χ3n) is 6.10. The van der Waals surface area contributed by atoms with E-state index in [0.717, 1.165) is 10.6 Å². The Kier molecular flexibility index (Phi) is 6.91. The van der Waals surface area contributed by atoms with E-state index in [9.17, 15) is 14.4 Å². The van der Waals surface area contributed by atoms with Crippen LogP contribution in [0.2, 0.25) is 0 Å². The number of benzene rings is 2. The number of nitrogens with zero attached hydrogens (tertiary/aromatic N) is 5. The Morgan fingerprint density at radius 3 is 2.48 bits per heavy atom. The number of ether oxygens (including phenoxy) is 2. The van der Waals surface area contributed by atoms with E-state index in [4.69, 9.17) is 9.47 Å². The Balaban J connectivity index is 1.46. The predicted molar refractivity (Wildman–Crippen MR) is 145 cm³/mol. The number of fused-ring (bicyclic) bond motifs is 1. The minimum absolute atomic E-state index is 0.0858. The second-order valence-corrected chi connectivity index (χ2v) is 9.20. The highest BCUT2D eigenvalue weighted by molar-refractivity contribution is 6.03. The van der Waals surface area contributed by atoms with Crippen molar-refractivity contribution in [2.75, 3.05) is 12.4 Å². The van der Waals surface area contributed by atoms with Crippen LogP contribution < -0.4 is 26.0 Å². The minimum atomic E-state index is -0.818. The molecule has 1 amide bonds. The Bertz CT molecular complexity index is 1860. The fourth-order valence-electron chi connectivity index (χ4n) is 4.11. The molecule has 0 saturated carbocycles. The van der Waals surface area contributed by atoms with Crippen molar-refractivity contribution < 1.29 is 18.7 Å². The van der Waals surface area contributed by atoms with E-state index < -0.39 is 23.0 Å². The first-order chi connectivity index (χ1) is 19.2. The SMILES string of the molecule is COc1ccc(-n2c(=O)c(C(=O)Nc3ccc(Oc4cc(C)nc5ccnn45)c(F)c3)cn(C(C)C)c2=O)cc1. The van der Waals surface area contributed by atoms with Gasteiger partial charge >= 0.3 is 5.69 Å². The van der Waals surface area contributed by atoms with Gasteiger partial charge in [-0.1, -0.05) is 0 Å². The molecule has 0 aliphatic rings. The molecule has 3 aromatic heterocycles. The van der Waals surface area contributed by atoms with E-state index in [0.29, 0.717) is 17.1 Å². The van der Waals surface area contributed by atoms with Crippen LogP contribution in [0.3, 0.4) is 0 Å². The molecule has 40 heavy (non-hydrogen) atoms. The lowest BCUT2D eigenvalue weighted by molar-refractivity contribution is 0.102. The van der Waals surface area contributed by atoms with Gasteiger partial charge in [-0.15, -0.1) is 0 Å². The maximum Gasteiger partial charge on any atom is 0.335 e. The summed E-state index contributed by atoms with van der Waals surface area (Å²) in [6.45, 7) is 5.28. The molecule has 1 N–H and O–H groups in total. The van der Waals surface area contributed by atoms with Crippen LogP contribution in [0.1, 0.15) is 35.9 Å². The van der Waals surface area contributed by atoms with Gasteiger partial charge in [0.25, 0.3) is 11.5 Å². The number of aromatic nitrogens is 5. The van der Waals surface area contributed by atoms with Gasteiger partial charge in [0, 0.05) is 41.8 Å². The highest BCUT2D eigenvalue weighted by atomic mass is 19.1. The van der Waals surface area contributed by atoms with Gasteiger partial charge in [0.15, 0.2) is 17.2 Å². The van der Waals surface area contributed by atoms with Gasteiger partial charge in [-0.3, -0.25) is 14.2 Å². The zero-order chi connectivity index (χ0) is 28.6. The average molecular weight is 545 g/mol.